The number of alkyl carbamates (subject to hydrolysis) is 1. The number of ether oxygens (including phenoxy) is 4. The minimum Gasteiger partial charge on any atom is -0.444 e. The van der Waals surface area contributed by atoms with Gasteiger partial charge in [-0.05, 0) is 52.9 Å². The average molecular weight is 363 g/mol. The van der Waals surface area contributed by atoms with Crippen molar-refractivity contribution in [2.24, 2.45) is 0 Å². The van der Waals surface area contributed by atoms with Crippen LogP contribution in [-0.4, -0.2) is 69.6 Å². The molecule has 0 rings (SSSR count). The lowest BCUT2D eigenvalue weighted by Gasteiger charge is -2.19. The largest absolute Gasteiger partial charge is 0.444 e. The van der Waals surface area contributed by atoms with E-state index in [1.807, 2.05) is 20.8 Å². The summed E-state index contributed by atoms with van der Waals surface area (Å²) in [5.74, 6) is 0. The highest BCUT2D eigenvalue weighted by Crippen LogP contribution is 2.06. The van der Waals surface area contributed by atoms with E-state index >= 15 is 0 Å². The van der Waals surface area contributed by atoms with E-state index in [9.17, 15) is 4.79 Å². The van der Waals surface area contributed by atoms with Crippen molar-refractivity contribution in [3.05, 3.63) is 0 Å². The number of aliphatic hydroxyl groups excluding tert-OH is 1. The van der Waals surface area contributed by atoms with Crippen molar-refractivity contribution in [2.75, 3.05) is 52.8 Å². The molecular weight excluding hydrogens is 326 g/mol. The summed E-state index contributed by atoms with van der Waals surface area (Å²) >= 11 is 0. The Hall–Kier alpha value is -0.890. The third kappa shape index (κ3) is 21.1. The second kappa shape index (κ2) is 16.6. The Morgan fingerprint density at radius 1 is 0.800 bits per heavy atom. The van der Waals surface area contributed by atoms with Gasteiger partial charge in [0.2, 0.25) is 0 Å². The molecule has 0 spiro atoms. The van der Waals surface area contributed by atoms with Gasteiger partial charge in [0.05, 0.1) is 13.2 Å². The number of hydrogen-bond acceptors (Lipinski definition) is 6. The van der Waals surface area contributed by atoms with Crippen LogP contribution in [0, 0.1) is 0 Å². The van der Waals surface area contributed by atoms with Crippen LogP contribution in [0.4, 0.5) is 4.79 Å². The molecule has 0 radical (unpaired) electrons. The summed E-state index contributed by atoms with van der Waals surface area (Å²) in [5.41, 5.74) is -0.455. The fourth-order valence-corrected chi connectivity index (χ4v) is 1.88. The van der Waals surface area contributed by atoms with Gasteiger partial charge in [-0.2, -0.15) is 0 Å². The number of nitrogens with one attached hydrogen (secondary N) is 1. The molecule has 7 heteroatoms. The number of hydrogen-bond donors (Lipinski definition) is 2. The van der Waals surface area contributed by atoms with Crippen molar-refractivity contribution in [3.8, 4) is 0 Å². The van der Waals surface area contributed by atoms with Gasteiger partial charge < -0.3 is 29.4 Å². The lowest BCUT2D eigenvalue weighted by atomic mass is 10.2. The van der Waals surface area contributed by atoms with Crippen LogP contribution in [0.25, 0.3) is 0 Å². The lowest BCUT2D eigenvalue weighted by molar-refractivity contribution is 0.0521. The van der Waals surface area contributed by atoms with Crippen LogP contribution in [0.3, 0.4) is 0 Å². The first-order valence-electron chi connectivity index (χ1n) is 9.26. The van der Waals surface area contributed by atoms with E-state index in [0.29, 0.717) is 39.6 Å². The Morgan fingerprint density at radius 2 is 1.28 bits per heavy atom. The first kappa shape index (κ1) is 24.1. The number of amides is 1. The van der Waals surface area contributed by atoms with Crippen LogP contribution in [0.5, 0.6) is 0 Å². The van der Waals surface area contributed by atoms with Crippen molar-refractivity contribution in [1.82, 2.24) is 5.32 Å². The molecule has 150 valence electrons. The first-order chi connectivity index (χ1) is 12.0. The Labute approximate surface area is 152 Å². The van der Waals surface area contributed by atoms with Crippen LogP contribution in [0.1, 0.15) is 52.9 Å². The number of aliphatic hydroxyl groups is 1. The molecular formula is C18H37NO6. The number of carbonyl (C=O) groups is 1. The van der Waals surface area contributed by atoms with E-state index in [-0.39, 0.29) is 12.7 Å². The van der Waals surface area contributed by atoms with Gasteiger partial charge in [0.25, 0.3) is 0 Å². The van der Waals surface area contributed by atoms with Gasteiger partial charge in [0.1, 0.15) is 5.60 Å². The van der Waals surface area contributed by atoms with E-state index in [0.717, 1.165) is 38.7 Å². The molecule has 1 amide bonds. The molecule has 0 aromatic rings. The normalized spacial score (nSPS) is 11.5. The molecule has 0 heterocycles. The SMILES string of the molecule is CC(C)(C)OC(=O)NCCCCOCCCOCCCCOCCO. The van der Waals surface area contributed by atoms with Gasteiger partial charge in [-0.15, -0.1) is 0 Å². The Kier molecular flexibility index (Phi) is 16.0. The standard InChI is InChI=1S/C18H37NO6/c1-18(2,3)25-17(21)19-9-4-5-11-22-14-8-15-23-12-6-7-13-24-16-10-20/h20H,4-16H2,1-3H3,(H,19,21). The second-order valence-electron chi connectivity index (χ2n) is 6.76. The fourth-order valence-electron chi connectivity index (χ4n) is 1.88. The molecule has 0 bridgehead atoms. The van der Waals surface area contributed by atoms with Crippen molar-refractivity contribution < 1.29 is 28.8 Å². The van der Waals surface area contributed by atoms with Gasteiger partial charge >= 0.3 is 6.09 Å². The second-order valence-corrected chi connectivity index (χ2v) is 6.76. The summed E-state index contributed by atoms with van der Waals surface area (Å²) in [6.07, 6.45) is 4.21. The van der Waals surface area contributed by atoms with Crippen LogP contribution in [-0.2, 0) is 18.9 Å². The quantitative estimate of drug-likeness (QED) is 0.410. The van der Waals surface area contributed by atoms with Crippen molar-refractivity contribution in [1.29, 1.82) is 0 Å². The van der Waals surface area contributed by atoms with Crippen LogP contribution in [0.2, 0.25) is 0 Å². The van der Waals surface area contributed by atoms with E-state index in [1.165, 1.54) is 0 Å². The van der Waals surface area contributed by atoms with E-state index in [2.05, 4.69) is 5.32 Å². The van der Waals surface area contributed by atoms with Gasteiger partial charge in [-0.25, -0.2) is 4.79 Å². The molecule has 25 heavy (non-hydrogen) atoms. The van der Waals surface area contributed by atoms with Gasteiger partial charge in [0, 0.05) is 39.6 Å². The lowest BCUT2D eigenvalue weighted by Crippen LogP contribution is -2.33. The monoisotopic (exact) mass is 363 g/mol. The minimum atomic E-state index is -0.455. The van der Waals surface area contributed by atoms with E-state index in [1.54, 1.807) is 0 Å². The Bertz CT molecular complexity index is 306. The van der Waals surface area contributed by atoms with Crippen molar-refractivity contribution in [3.63, 3.8) is 0 Å². The Morgan fingerprint density at radius 3 is 1.80 bits per heavy atom. The molecule has 0 fully saturated rings. The number of rotatable bonds is 16. The van der Waals surface area contributed by atoms with E-state index < -0.39 is 5.60 Å². The highest BCUT2D eigenvalue weighted by Gasteiger charge is 2.15. The maximum absolute atomic E-state index is 11.4. The molecule has 2 N–H and O–H groups in total. The zero-order valence-corrected chi connectivity index (χ0v) is 16.2. The molecule has 0 unspecified atom stereocenters. The smallest absolute Gasteiger partial charge is 0.407 e. The predicted octanol–water partition coefficient (Wildman–Crippen LogP) is 2.50. The zero-order chi connectivity index (χ0) is 18.8. The molecule has 0 aromatic carbocycles. The zero-order valence-electron chi connectivity index (χ0n) is 16.2. The molecule has 0 atom stereocenters. The molecule has 7 nitrogen and oxygen atoms in total. The number of carbonyl (C=O) groups excluding carboxylic acids is 1. The fraction of sp³-hybridized carbons (Fsp3) is 0.944. The summed E-state index contributed by atoms with van der Waals surface area (Å²) in [6.45, 7) is 10.1. The highest BCUT2D eigenvalue weighted by molar-refractivity contribution is 5.67. The number of unbranched alkanes of at least 4 members (excludes halogenated alkanes) is 2. The predicted molar refractivity (Wildman–Crippen MR) is 96.9 cm³/mol. The first-order valence-corrected chi connectivity index (χ1v) is 9.26. The summed E-state index contributed by atoms with van der Waals surface area (Å²) < 4.78 is 21.3. The van der Waals surface area contributed by atoms with E-state index in [4.69, 9.17) is 24.1 Å². The Balaban J connectivity index is 3.13. The third-order valence-electron chi connectivity index (χ3n) is 3.02. The molecule has 0 saturated carbocycles. The van der Waals surface area contributed by atoms with Crippen LogP contribution >= 0.6 is 0 Å². The third-order valence-corrected chi connectivity index (χ3v) is 3.02. The van der Waals surface area contributed by atoms with Crippen molar-refractivity contribution in [2.45, 2.75) is 58.5 Å². The topological polar surface area (TPSA) is 86.3 Å². The summed E-state index contributed by atoms with van der Waals surface area (Å²) in [6, 6.07) is 0. The summed E-state index contributed by atoms with van der Waals surface area (Å²) in [7, 11) is 0. The highest BCUT2D eigenvalue weighted by atomic mass is 16.6. The molecule has 0 aliphatic rings. The van der Waals surface area contributed by atoms with Gasteiger partial charge in [0.15, 0.2) is 0 Å². The van der Waals surface area contributed by atoms with Crippen LogP contribution < -0.4 is 5.32 Å². The van der Waals surface area contributed by atoms with Gasteiger partial charge in [-0.1, -0.05) is 0 Å². The molecule has 0 aliphatic heterocycles. The minimum absolute atomic E-state index is 0.0801. The molecule has 0 aliphatic carbocycles. The summed E-state index contributed by atoms with van der Waals surface area (Å²) in [4.78, 5) is 11.4. The summed E-state index contributed by atoms with van der Waals surface area (Å²) in [5, 5.41) is 11.3. The maximum Gasteiger partial charge on any atom is 0.407 e. The van der Waals surface area contributed by atoms with Crippen molar-refractivity contribution >= 4 is 6.09 Å². The van der Waals surface area contributed by atoms with Crippen LogP contribution in [0.15, 0.2) is 0 Å². The molecule has 0 aromatic heterocycles. The molecule has 0 saturated heterocycles. The average Bonchev–Trinajstić information content (AvgIpc) is 2.53. The van der Waals surface area contributed by atoms with Gasteiger partial charge in [-0.3, -0.25) is 0 Å². The maximum atomic E-state index is 11.4.